The van der Waals surface area contributed by atoms with Crippen LogP contribution in [0.15, 0.2) is 42.7 Å². The van der Waals surface area contributed by atoms with Gasteiger partial charge in [-0.1, -0.05) is 63.4 Å². The van der Waals surface area contributed by atoms with Crippen molar-refractivity contribution in [3.05, 3.63) is 53.9 Å². The van der Waals surface area contributed by atoms with E-state index in [1.807, 2.05) is 44.2 Å². The van der Waals surface area contributed by atoms with Crippen LogP contribution in [0.1, 0.15) is 61.9 Å². The van der Waals surface area contributed by atoms with Crippen LogP contribution in [0.5, 0.6) is 0 Å². The molecule has 0 bridgehead atoms. The summed E-state index contributed by atoms with van der Waals surface area (Å²) in [7, 11) is 0. The second-order valence-corrected chi connectivity index (χ2v) is 6.84. The second kappa shape index (κ2) is 10.7. The highest BCUT2D eigenvalue weighted by Crippen LogP contribution is 2.39. The van der Waals surface area contributed by atoms with Crippen molar-refractivity contribution in [1.82, 2.24) is 20.8 Å². The fourth-order valence-corrected chi connectivity index (χ4v) is 3.38. The van der Waals surface area contributed by atoms with Crippen LogP contribution in [0.25, 0.3) is 0 Å². The molecule has 31 heavy (non-hydrogen) atoms. The molecule has 2 aromatic rings. The van der Waals surface area contributed by atoms with E-state index in [1.165, 1.54) is 17.8 Å². The van der Waals surface area contributed by atoms with E-state index in [1.54, 1.807) is 5.43 Å². The normalized spacial score (nSPS) is 15.1. The van der Waals surface area contributed by atoms with E-state index in [2.05, 4.69) is 15.3 Å². The number of aromatic nitrogens is 2. The standard InChI is InChI=1S/C19H20F3N5O2.C2H6/c20-19(21,22)16(29)27-26-15(28)13-11-23-17(24-12-13)25-18(9-5-2-6-10-18)14-7-3-1-4-8-14;1-2/h1,3-4,7-8,11-12H,2,5-6,9-10H2,(H,26,28)(H,27,29)(H,23,24,25);1-2H3. The van der Waals surface area contributed by atoms with E-state index in [4.69, 9.17) is 0 Å². The number of hydrazine groups is 1. The molecule has 1 heterocycles. The fraction of sp³-hybridized carbons (Fsp3) is 0.429. The molecule has 1 aliphatic carbocycles. The zero-order valence-electron chi connectivity index (χ0n) is 17.4. The maximum atomic E-state index is 12.2. The minimum atomic E-state index is -5.09. The topological polar surface area (TPSA) is 96.0 Å². The highest BCUT2D eigenvalue weighted by atomic mass is 19.4. The third-order valence-corrected chi connectivity index (χ3v) is 4.85. The predicted molar refractivity (Wildman–Crippen MR) is 110 cm³/mol. The highest BCUT2D eigenvalue weighted by Gasteiger charge is 2.39. The van der Waals surface area contributed by atoms with Gasteiger partial charge in [0.05, 0.1) is 11.1 Å². The summed E-state index contributed by atoms with van der Waals surface area (Å²) in [4.78, 5) is 30.9. The number of carbonyl (C=O) groups is 2. The third kappa shape index (κ3) is 6.40. The van der Waals surface area contributed by atoms with Crippen LogP contribution in [0, 0.1) is 0 Å². The number of hydrogen-bond donors (Lipinski definition) is 3. The molecular weight excluding hydrogens is 411 g/mol. The summed E-state index contributed by atoms with van der Waals surface area (Å²) >= 11 is 0. The van der Waals surface area contributed by atoms with Gasteiger partial charge in [0.15, 0.2) is 0 Å². The first-order valence-corrected chi connectivity index (χ1v) is 10.1. The van der Waals surface area contributed by atoms with Crippen LogP contribution >= 0.6 is 0 Å². The van der Waals surface area contributed by atoms with E-state index >= 15 is 0 Å². The molecule has 1 saturated carbocycles. The number of hydrogen-bond acceptors (Lipinski definition) is 5. The summed E-state index contributed by atoms with van der Waals surface area (Å²) < 4.78 is 36.5. The quantitative estimate of drug-likeness (QED) is 0.626. The van der Waals surface area contributed by atoms with Gasteiger partial charge >= 0.3 is 12.1 Å². The van der Waals surface area contributed by atoms with Crippen molar-refractivity contribution in [2.24, 2.45) is 0 Å². The molecule has 0 unspecified atom stereocenters. The number of anilines is 1. The van der Waals surface area contributed by atoms with E-state index < -0.39 is 18.0 Å². The van der Waals surface area contributed by atoms with Gasteiger partial charge in [-0.25, -0.2) is 9.97 Å². The van der Waals surface area contributed by atoms with Crippen molar-refractivity contribution in [3.8, 4) is 0 Å². The molecule has 3 N–H and O–H groups in total. The van der Waals surface area contributed by atoms with Crippen LogP contribution < -0.4 is 16.2 Å². The zero-order valence-corrected chi connectivity index (χ0v) is 17.4. The minimum absolute atomic E-state index is 0.0876. The number of rotatable bonds is 4. The van der Waals surface area contributed by atoms with Gasteiger partial charge in [-0.3, -0.25) is 20.4 Å². The number of nitrogens with one attached hydrogen (secondary N) is 3. The van der Waals surface area contributed by atoms with Crippen LogP contribution in [0.4, 0.5) is 19.1 Å². The van der Waals surface area contributed by atoms with Gasteiger partial charge in [-0.05, 0) is 18.4 Å². The first-order valence-electron chi connectivity index (χ1n) is 10.1. The Morgan fingerprint density at radius 1 is 0.935 bits per heavy atom. The van der Waals surface area contributed by atoms with Crippen molar-refractivity contribution in [2.75, 3.05) is 5.32 Å². The summed E-state index contributed by atoms with van der Waals surface area (Å²) in [6.07, 6.45) is 2.36. The molecule has 0 radical (unpaired) electrons. The lowest BCUT2D eigenvalue weighted by Gasteiger charge is -2.38. The maximum Gasteiger partial charge on any atom is 0.472 e. The van der Waals surface area contributed by atoms with Gasteiger partial charge in [0.25, 0.3) is 5.91 Å². The Balaban J connectivity index is 0.00000166. The lowest BCUT2D eigenvalue weighted by molar-refractivity contribution is -0.174. The molecule has 0 saturated heterocycles. The molecule has 10 heteroatoms. The largest absolute Gasteiger partial charge is 0.472 e. The Morgan fingerprint density at radius 2 is 1.52 bits per heavy atom. The van der Waals surface area contributed by atoms with Crippen molar-refractivity contribution in [2.45, 2.75) is 57.7 Å². The van der Waals surface area contributed by atoms with E-state index in [0.717, 1.165) is 37.7 Å². The Morgan fingerprint density at radius 3 is 2.06 bits per heavy atom. The van der Waals surface area contributed by atoms with Crippen molar-refractivity contribution < 1.29 is 22.8 Å². The Bertz CT molecular complexity index is 852. The predicted octanol–water partition coefficient (Wildman–Crippen LogP) is 4.10. The molecule has 7 nitrogen and oxygen atoms in total. The van der Waals surface area contributed by atoms with Crippen molar-refractivity contribution in [3.63, 3.8) is 0 Å². The van der Waals surface area contributed by atoms with Crippen molar-refractivity contribution >= 4 is 17.8 Å². The smallest absolute Gasteiger partial charge is 0.345 e. The van der Waals surface area contributed by atoms with Crippen LogP contribution in [0.2, 0.25) is 0 Å². The monoisotopic (exact) mass is 437 g/mol. The molecule has 0 atom stereocenters. The molecule has 2 amide bonds. The number of halogens is 3. The first kappa shape index (κ1) is 24.1. The van der Waals surface area contributed by atoms with Gasteiger partial charge < -0.3 is 5.32 Å². The third-order valence-electron chi connectivity index (χ3n) is 4.85. The molecule has 1 aliphatic rings. The molecule has 1 fully saturated rings. The average Bonchev–Trinajstić information content (AvgIpc) is 2.79. The van der Waals surface area contributed by atoms with Crippen LogP contribution in [0.3, 0.4) is 0 Å². The SMILES string of the molecule is CC.O=C(NNC(=O)C(F)(F)F)c1cnc(NC2(c3ccccc3)CCCCC2)nc1. The highest BCUT2D eigenvalue weighted by molar-refractivity contribution is 5.95. The molecule has 0 spiro atoms. The fourth-order valence-electron chi connectivity index (χ4n) is 3.38. The molecule has 1 aromatic carbocycles. The number of amides is 2. The van der Waals surface area contributed by atoms with Gasteiger partial charge in [0.1, 0.15) is 0 Å². The van der Waals surface area contributed by atoms with Crippen LogP contribution in [-0.4, -0.2) is 28.0 Å². The molecule has 0 aliphatic heterocycles. The number of carbonyl (C=O) groups excluding carboxylic acids is 2. The summed E-state index contributed by atoms with van der Waals surface area (Å²) in [5.74, 6) is -2.91. The number of alkyl halides is 3. The lowest BCUT2D eigenvalue weighted by atomic mass is 9.76. The maximum absolute atomic E-state index is 12.2. The molecule has 3 rings (SSSR count). The molecule has 1 aromatic heterocycles. The zero-order chi connectivity index (χ0) is 22.9. The summed E-state index contributed by atoms with van der Waals surface area (Å²) in [6, 6.07) is 9.97. The number of benzene rings is 1. The second-order valence-electron chi connectivity index (χ2n) is 6.84. The van der Waals surface area contributed by atoms with E-state index in [9.17, 15) is 22.8 Å². The van der Waals surface area contributed by atoms with Crippen molar-refractivity contribution in [1.29, 1.82) is 0 Å². The average molecular weight is 437 g/mol. The Labute approximate surface area is 178 Å². The summed E-state index contributed by atoms with van der Waals surface area (Å²) in [5.41, 5.74) is 3.70. The van der Waals surface area contributed by atoms with Crippen LogP contribution in [-0.2, 0) is 10.3 Å². The van der Waals surface area contributed by atoms with Gasteiger partial charge in [-0.2, -0.15) is 13.2 Å². The lowest BCUT2D eigenvalue weighted by Crippen LogP contribution is -2.47. The number of nitrogens with zero attached hydrogens (tertiary/aromatic N) is 2. The first-order chi connectivity index (χ1) is 14.8. The van der Waals surface area contributed by atoms with Gasteiger partial charge in [0.2, 0.25) is 5.95 Å². The summed E-state index contributed by atoms with van der Waals surface area (Å²) in [6.45, 7) is 4.00. The Hall–Kier alpha value is -3.17. The van der Waals surface area contributed by atoms with E-state index in [-0.39, 0.29) is 11.1 Å². The minimum Gasteiger partial charge on any atom is -0.345 e. The molecular formula is C21H26F3N5O2. The summed E-state index contributed by atoms with van der Waals surface area (Å²) in [5, 5.41) is 3.37. The molecule has 168 valence electrons. The Kier molecular flexibility index (Phi) is 8.35. The van der Waals surface area contributed by atoms with Gasteiger partial charge in [0, 0.05) is 12.4 Å². The van der Waals surface area contributed by atoms with E-state index in [0.29, 0.717) is 5.95 Å². The van der Waals surface area contributed by atoms with Gasteiger partial charge in [-0.15, -0.1) is 0 Å².